The zero-order valence-electron chi connectivity index (χ0n) is 15.2. The van der Waals surface area contributed by atoms with E-state index in [1.807, 2.05) is 0 Å². The SMILES string of the molecule is COc1cc(CNCCCCCO)c(Cl)cc1OCc1c(F)cccc1Cl. The van der Waals surface area contributed by atoms with Crippen LogP contribution in [0.1, 0.15) is 30.4 Å². The summed E-state index contributed by atoms with van der Waals surface area (Å²) in [5.74, 6) is 0.520. The molecule has 0 saturated heterocycles. The Labute approximate surface area is 169 Å². The molecule has 148 valence electrons. The molecule has 2 aromatic rings. The second kappa shape index (κ2) is 11.3. The lowest BCUT2D eigenvalue weighted by atomic mass is 10.2. The van der Waals surface area contributed by atoms with Crippen LogP contribution in [0.2, 0.25) is 10.0 Å². The third-order valence-electron chi connectivity index (χ3n) is 4.09. The third kappa shape index (κ3) is 6.54. The Hall–Kier alpha value is -1.53. The maximum absolute atomic E-state index is 13.9. The number of unbranched alkanes of at least 4 members (excludes halogenated alkanes) is 2. The van der Waals surface area contributed by atoms with Gasteiger partial charge in [0.1, 0.15) is 12.4 Å². The van der Waals surface area contributed by atoms with Gasteiger partial charge in [0.15, 0.2) is 11.5 Å². The van der Waals surface area contributed by atoms with Gasteiger partial charge in [-0.15, -0.1) is 0 Å². The number of halogens is 3. The largest absolute Gasteiger partial charge is 0.493 e. The molecule has 0 atom stereocenters. The molecular formula is C20H24Cl2FNO3. The van der Waals surface area contributed by atoms with Crippen LogP contribution < -0.4 is 14.8 Å². The van der Waals surface area contributed by atoms with E-state index in [1.165, 1.54) is 13.2 Å². The number of ether oxygens (including phenoxy) is 2. The predicted molar refractivity (Wildman–Crippen MR) is 106 cm³/mol. The fourth-order valence-corrected chi connectivity index (χ4v) is 3.00. The first-order chi connectivity index (χ1) is 13.1. The molecule has 0 spiro atoms. The van der Waals surface area contributed by atoms with Crippen molar-refractivity contribution in [3.05, 3.63) is 57.3 Å². The van der Waals surface area contributed by atoms with Crippen molar-refractivity contribution in [1.82, 2.24) is 5.32 Å². The summed E-state index contributed by atoms with van der Waals surface area (Å²) < 4.78 is 25.0. The summed E-state index contributed by atoms with van der Waals surface area (Å²) in [5.41, 5.74) is 1.16. The normalized spacial score (nSPS) is 10.9. The van der Waals surface area contributed by atoms with Gasteiger partial charge < -0.3 is 19.9 Å². The highest BCUT2D eigenvalue weighted by atomic mass is 35.5. The van der Waals surface area contributed by atoms with Crippen LogP contribution in [0.3, 0.4) is 0 Å². The Morgan fingerprint density at radius 2 is 1.89 bits per heavy atom. The fourth-order valence-electron chi connectivity index (χ4n) is 2.57. The summed E-state index contributed by atoms with van der Waals surface area (Å²) in [5, 5.41) is 12.9. The van der Waals surface area contributed by atoms with Gasteiger partial charge >= 0.3 is 0 Å². The van der Waals surface area contributed by atoms with Crippen LogP contribution in [0, 0.1) is 5.82 Å². The molecule has 4 nitrogen and oxygen atoms in total. The van der Waals surface area contributed by atoms with Crippen molar-refractivity contribution in [2.75, 3.05) is 20.3 Å². The number of aliphatic hydroxyl groups excluding tert-OH is 1. The van der Waals surface area contributed by atoms with Crippen molar-refractivity contribution < 1.29 is 19.0 Å². The average Bonchev–Trinajstić information content (AvgIpc) is 2.65. The smallest absolute Gasteiger partial charge is 0.163 e. The van der Waals surface area contributed by atoms with E-state index in [0.717, 1.165) is 31.4 Å². The van der Waals surface area contributed by atoms with Gasteiger partial charge in [0.2, 0.25) is 0 Å². The molecule has 0 saturated carbocycles. The number of nitrogens with one attached hydrogen (secondary N) is 1. The Bertz CT molecular complexity index is 723. The first kappa shape index (κ1) is 21.8. The highest BCUT2D eigenvalue weighted by Gasteiger charge is 2.13. The van der Waals surface area contributed by atoms with E-state index in [1.54, 1.807) is 24.3 Å². The Balaban J connectivity index is 2.00. The maximum atomic E-state index is 13.9. The standard InChI is InChI=1S/C20H24Cl2FNO3/c1-26-19-10-14(12-24-8-3-2-4-9-25)17(22)11-20(19)27-13-15-16(21)6-5-7-18(15)23/h5-7,10-11,24-25H,2-4,8-9,12-13H2,1H3. The van der Waals surface area contributed by atoms with Gasteiger partial charge in [-0.25, -0.2) is 4.39 Å². The van der Waals surface area contributed by atoms with Crippen LogP contribution in [0.5, 0.6) is 11.5 Å². The minimum Gasteiger partial charge on any atom is -0.493 e. The molecule has 0 aliphatic rings. The van der Waals surface area contributed by atoms with E-state index < -0.39 is 5.82 Å². The summed E-state index contributed by atoms with van der Waals surface area (Å²) in [6.45, 7) is 1.62. The summed E-state index contributed by atoms with van der Waals surface area (Å²) in [4.78, 5) is 0. The molecule has 2 aromatic carbocycles. The topological polar surface area (TPSA) is 50.7 Å². The molecule has 0 aromatic heterocycles. The van der Waals surface area contributed by atoms with Crippen LogP contribution in [0.15, 0.2) is 30.3 Å². The maximum Gasteiger partial charge on any atom is 0.163 e. The van der Waals surface area contributed by atoms with Crippen molar-refractivity contribution in [3.8, 4) is 11.5 Å². The van der Waals surface area contributed by atoms with Gasteiger partial charge in [0.25, 0.3) is 0 Å². The number of benzene rings is 2. The second-order valence-electron chi connectivity index (χ2n) is 6.04. The van der Waals surface area contributed by atoms with E-state index in [2.05, 4.69) is 5.32 Å². The van der Waals surface area contributed by atoms with E-state index in [-0.39, 0.29) is 18.8 Å². The number of hydrogen-bond acceptors (Lipinski definition) is 4. The lowest BCUT2D eigenvalue weighted by Gasteiger charge is -2.15. The molecule has 2 rings (SSSR count). The molecule has 0 unspecified atom stereocenters. The van der Waals surface area contributed by atoms with Gasteiger partial charge in [-0.1, -0.05) is 29.3 Å². The zero-order chi connectivity index (χ0) is 19.6. The van der Waals surface area contributed by atoms with Crippen LogP contribution in [-0.2, 0) is 13.2 Å². The molecule has 7 heteroatoms. The lowest BCUT2D eigenvalue weighted by molar-refractivity contribution is 0.279. The first-order valence-corrected chi connectivity index (χ1v) is 9.56. The van der Waals surface area contributed by atoms with Gasteiger partial charge in [-0.3, -0.25) is 0 Å². The monoisotopic (exact) mass is 415 g/mol. The van der Waals surface area contributed by atoms with Crippen molar-refractivity contribution in [3.63, 3.8) is 0 Å². The molecule has 0 aliphatic heterocycles. The molecule has 0 bridgehead atoms. The van der Waals surface area contributed by atoms with E-state index >= 15 is 0 Å². The summed E-state index contributed by atoms with van der Waals surface area (Å²) in [6, 6.07) is 7.97. The molecule has 0 heterocycles. The van der Waals surface area contributed by atoms with Crippen LogP contribution in [0.25, 0.3) is 0 Å². The van der Waals surface area contributed by atoms with Crippen molar-refractivity contribution in [1.29, 1.82) is 0 Å². The van der Waals surface area contributed by atoms with Gasteiger partial charge in [0.05, 0.1) is 12.1 Å². The zero-order valence-corrected chi connectivity index (χ0v) is 16.7. The summed E-state index contributed by atoms with van der Waals surface area (Å²) in [7, 11) is 1.54. The fraction of sp³-hybridized carbons (Fsp3) is 0.400. The second-order valence-corrected chi connectivity index (χ2v) is 6.86. The van der Waals surface area contributed by atoms with Gasteiger partial charge in [-0.05, 0) is 49.6 Å². The Morgan fingerprint density at radius 3 is 2.59 bits per heavy atom. The predicted octanol–water partition coefficient (Wildman–Crippen LogP) is 4.97. The molecule has 0 amide bonds. The number of rotatable bonds is 11. The minimum atomic E-state index is -0.422. The van der Waals surface area contributed by atoms with Crippen molar-refractivity contribution >= 4 is 23.2 Å². The quantitative estimate of drug-likeness (QED) is 0.508. The molecule has 27 heavy (non-hydrogen) atoms. The number of hydrogen-bond donors (Lipinski definition) is 2. The van der Waals surface area contributed by atoms with Crippen molar-refractivity contribution in [2.45, 2.75) is 32.4 Å². The molecular weight excluding hydrogens is 392 g/mol. The molecule has 0 radical (unpaired) electrons. The van der Waals surface area contributed by atoms with E-state index in [9.17, 15) is 4.39 Å². The Kier molecular flexibility index (Phi) is 9.15. The minimum absolute atomic E-state index is 0.0271. The van der Waals surface area contributed by atoms with E-state index in [4.69, 9.17) is 37.8 Å². The third-order valence-corrected chi connectivity index (χ3v) is 4.80. The highest BCUT2D eigenvalue weighted by Crippen LogP contribution is 2.34. The lowest BCUT2D eigenvalue weighted by Crippen LogP contribution is -2.15. The summed E-state index contributed by atoms with van der Waals surface area (Å²) >= 11 is 12.4. The molecule has 2 N–H and O–H groups in total. The number of methoxy groups -OCH3 is 1. The number of aliphatic hydroxyl groups is 1. The summed E-state index contributed by atoms with van der Waals surface area (Å²) in [6.07, 6.45) is 2.78. The molecule has 0 aliphatic carbocycles. The average molecular weight is 416 g/mol. The van der Waals surface area contributed by atoms with Crippen LogP contribution in [-0.4, -0.2) is 25.4 Å². The van der Waals surface area contributed by atoms with Crippen molar-refractivity contribution in [2.24, 2.45) is 0 Å². The highest BCUT2D eigenvalue weighted by molar-refractivity contribution is 6.31. The van der Waals surface area contributed by atoms with E-state index in [0.29, 0.717) is 28.1 Å². The van der Waals surface area contributed by atoms with Gasteiger partial charge in [-0.2, -0.15) is 0 Å². The molecule has 0 fully saturated rings. The first-order valence-electron chi connectivity index (χ1n) is 8.80. The van der Waals surface area contributed by atoms with Crippen LogP contribution >= 0.6 is 23.2 Å². The van der Waals surface area contributed by atoms with Gasteiger partial charge in [0, 0.05) is 29.8 Å². The Morgan fingerprint density at radius 1 is 1.07 bits per heavy atom. The van der Waals surface area contributed by atoms with Crippen LogP contribution in [0.4, 0.5) is 4.39 Å².